The molecule has 2 heterocycles. The Morgan fingerprint density at radius 3 is 2.59 bits per heavy atom. The molecule has 27 heavy (non-hydrogen) atoms. The van der Waals surface area contributed by atoms with E-state index in [4.69, 9.17) is 19.2 Å². The molecule has 1 aromatic carbocycles. The third-order valence-electron chi connectivity index (χ3n) is 5.06. The van der Waals surface area contributed by atoms with Crippen LogP contribution in [0.15, 0.2) is 36.4 Å². The summed E-state index contributed by atoms with van der Waals surface area (Å²) in [4.78, 5) is 19.2. The fraction of sp³-hybridized carbons (Fsp3) is 0.429. The second kappa shape index (κ2) is 7.66. The highest BCUT2D eigenvalue weighted by Gasteiger charge is 2.34. The summed E-state index contributed by atoms with van der Waals surface area (Å²) in [7, 11) is 3.21. The summed E-state index contributed by atoms with van der Waals surface area (Å²) in [5, 5.41) is 0. The Labute approximate surface area is 159 Å². The van der Waals surface area contributed by atoms with Crippen LogP contribution in [0.1, 0.15) is 48.3 Å². The number of aryl methyl sites for hydroxylation is 1. The maximum absolute atomic E-state index is 12.8. The Morgan fingerprint density at radius 2 is 1.93 bits per heavy atom. The Balaban J connectivity index is 1.68. The van der Waals surface area contributed by atoms with Gasteiger partial charge in [0.05, 0.1) is 0 Å². The van der Waals surface area contributed by atoms with E-state index in [0.29, 0.717) is 24.0 Å². The van der Waals surface area contributed by atoms with Gasteiger partial charge in [0.25, 0.3) is 0 Å². The Bertz CT molecular complexity index is 816. The second-order valence-corrected chi connectivity index (χ2v) is 6.96. The molecule has 0 radical (unpaired) electrons. The lowest BCUT2D eigenvalue weighted by molar-refractivity contribution is -0.109. The number of carbonyl (C=O) groups excluding carboxylic acids is 1. The molecular weight excluding hydrogens is 344 g/mol. The van der Waals surface area contributed by atoms with Gasteiger partial charge in [-0.25, -0.2) is 9.78 Å². The highest BCUT2D eigenvalue weighted by molar-refractivity contribution is 5.89. The molecule has 1 amide bonds. The van der Waals surface area contributed by atoms with Crippen LogP contribution in [0.3, 0.4) is 0 Å². The van der Waals surface area contributed by atoms with E-state index in [0.717, 1.165) is 36.9 Å². The van der Waals surface area contributed by atoms with Crippen molar-refractivity contribution in [1.29, 1.82) is 0 Å². The average Bonchev–Trinajstić information content (AvgIpc) is 3.54. The maximum Gasteiger partial charge on any atom is 0.420 e. The Kier molecular flexibility index (Phi) is 5.09. The lowest BCUT2D eigenvalue weighted by atomic mass is 9.99. The van der Waals surface area contributed by atoms with Crippen LogP contribution >= 0.6 is 0 Å². The van der Waals surface area contributed by atoms with Crippen molar-refractivity contribution in [3.05, 3.63) is 53.2 Å². The molecule has 0 spiro atoms. The van der Waals surface area contributed by atoms with E-state index in [1.54, 1.807) is 31.3 Å². The number of fused-ring (bicyclic) bond motifs is 1. The number of amides is 1. The third-order valence-corrected chi connectivity index (χ3v) is 5.06. The lowest BCUT2D eigenvalue weighted by Crippen LogP contribution is -2.38. The van der Waals surface area contributed by atoms with Crippen LogP contribution in [0.4, 0.5) is 10.6 Å². The number of rotatable bonds is 5. The molecule has 0 unspecified atom stereocenters. The summed E-state index contributed by atoms with van der Waals surface area (Å²) < 4.78 is 16.5. The molecule has 1 aliphatic carbocycles. The number of benzene rings is 1. The van der Waals surface area contributed by atoms with Crippen molar-refractivity contribution in [2.45, 2.75) is 37.9 Å². The van der Waals surface area contributed by atoms with Gasteiger partial charge >= 0.3 is 6.09 Å². The van der Waals surface area contributed by atoms with E-state index in [1.165, 1.54) is 5.56 Å². The number of carbonyl (C=O) groups is 1. The first-order valence-corrected chi connectivity index (χ1v) is 9.35. The van der Waals surface area contributed by atoms with Crippen LogP contribution < -0.4 is 9.64 Å². The molecule has 0 bridgehead atoms. The van der Waals surface area contributed by atoms with Gasteiger partial charge < -0.3 is 14.2 Å². The van der Waals surface area contributed by atoms with Gasteiger partial charge in [-0.2, -0.15) is 0 Å². The van der Waals surface area contributed by atoms with Crippen molar-refractivity contribution in [3.63, 3.8) is 0 Å². The van der Waals surface area contributed by atoms with Gasteiger partial charge in [-0.1, -0.05) is 18.2 Å². The minimum absolute atomic E-state index is 0.411. The van der Waals surface area contributed by atoms with Crippen LogP contribution in [0.2, 0.25) is 0 Å². The Morgan fingerprint density at radius 1 is 1.19 bits per heavy atom. The molecule has 1 aliphatic heterocycles. The van der Waals surface area contributed by atoms with E-state index in [1.807, 2.05) is 18.2 Å². The summed E-state index contributed by atoms with van der Waals surface area (Å²) in [5.41, 5.74) is 3.03. The molecule has 1 saturated carbocycles. The van der Waals surface area contributed by atoms with Crippen molar-refractivity contribution in [2.75, 3.05) is 25.7 Å². The molecule has 2 aromatic rings. The number of para-hydroxylation sites is 1. The normalized spacial score (nSPS) is 16.3. The van der Waals surface area contributed by atoms with Crippen LogP contribution in [0, 0.1) is 0 Å². The number of nitrogens with zero attached hydrogens (tertiary/aromatic N) is 2. The van der Waals surface area contributed by atoms with Crippen molar-refractivity contribution in [2.24, 2.45) is 0 Å². The van der Waals surface area contributed by atoms with Crippen molar-refractivity contribution < 1.29 is 19.0 Å². The van der Waals surface area contributed by atoms with Crippen LogP contribution in [0.25, 0.3) is 0 Å². The summed E-state index contributed by atoms with van der Waals surface area (Å²) >= 11 is 0. The van der Waals surface area contributed by atoms with E-state index in [2.05, 4.69) is 6.07 Å². The summed E-state index contributed by atoms with van der Waals surface area (Å²) in [5.74, 6) is 1.69. The van der Waals surface area contributed by atoms with Crippen LogP contribution in [-0.2, 0) is 15.9 Å². The molecule has 6 heteroatoms. The SMILES string of the molecule is COC(OC)c1nc2c(cc1C1CC1)CCCN2C(=O)Oc1ccccc1. The zero-order chi connectivity index (χ0) is 18.8. The molecule has 142 valence electrons. The molecule has 2 aliphatic rings. The van der Waals surface area contributed by atoms with Crippen LogP contribution in [0.5, 0.6) is 5.75 Å². The minimum atomic E-state index is -0.542. The Hall–Kier alpha value is -2.44. The predicted molar refractivity (Wildman–Crippen MR) is 101 cm³/mol. The van der Waals surface area contributed by atoms with Crippen LogP contribution in [-0.4, -0.2) is 31.8 Å². The summed E-state index contributed by atoms with van der Waals surface area (Å²) in [6.45, 7) is 0.582. The molecule has 0 saturated heterocycles. The molecule has 1 aromatic heterocycles. The third kappa shape index (κ3) is 3.68. The van der Waals surface area contributed by atoms with Crippen molar-refractivity contribution in [3.8, 4) is 5.75 Å². The first-order chi connectivity index (χ1) is 13.2. The van der Waals surface area contributed by atoms with Gasteiger partial charge in [-0.15, -0.1) is 0 Å². The molecule has 4 rings (SSSR count). The van der Waals surface area contributed by atoms with Gasteiger partial charge in [-0.3, -0.25) is 4.90 Å². The first kappa shape index (κ1) is 17.9. The number of pyridine rings is 1. The van der Waals surface area contributed by atoms with Crippen molar-refractivity contribution in [1.82, 2.24) is 4.98 Å². The average molecular weight is 368 g/mol. The number of aromatic nitrogens is 1. The summed E-state index contributed by atoms with van der Waals surface area (Å²) in [6, 6.07) is 11.3. The highest BCUT2D eigenvalue weighted by Crippen LogP contribution is 2.45. The number of anilines is 1. The standard InChI is InChI=1S/C21H24N2O4/c1-25-20(26-2)18-17(14-10-11-14)13-15-7-6-12-23(19(15)22-18)21(24)27-16-8-4-3-5-9-16/h3-5,8-9,13-14,20H,6-7,10-12H2,1-2H3. The molecule has 6 nitrogen and oxygen atoms in total. The van der Waals surface area contributed by atoms with E-state index in [-0.39, 0.29) is 0 Å². The molecule has 0 atom stereocenters. The fourth-order valence-corrected chi connectivity index (χ4v) is 3.58. The van der Waals surface area contributed by atoms with E-state index >= 15 is 0 Å². The van der Waals surface area contributed by atoms with Gasteiger partial charge in [0.2, 0.25) is 6.29 Å². The predicted octanol–water partition coefficient (Wildman–Crippen LogP) is 4.20. The largest absolute Gasteiger partial charge is 0.420 e. The molecule has 1 fully saturated rings. The summed E-state index contributed by atoms with van der Waals surface area (Å²) in [6.07, 6.45) is 3.16. The fourth-order valence-electron chi connectivity index (χ4n) is 3.58. The second-order valence-electron chi connectivity index (χ2n) is 6.96. The number of methoxy groups -OCH3 is 2. The number of ether oxygens (including phenoxy) is 3. The number of hydrogen-bond acceptors (Lipinski definition) is 5. The molecular formula is C21H24N2O4. The van der Waals surface area contributed by atoms with Gasteiger partial charge in [0, 0.05) is 20.8 Å². The first-order valence-electron chi connectivity index (χ1n) is 9.35. The van der Waals surface area contributed by atoms with E-state index in [9.17, 15) is 4.79 Å². The zero-order valence-electron chi connectivity index (χ0n) is 15.7. The van der Waals surface area contributed by atoms with Gasteiger partial charge in [0.15, 0.2) is 0 Å². The highest BCUT2D eigenvalue weighted by atomic mass is 16.7. The zero-order valence-corrected chi connectivity index (χ0v) is 15.7. The number of hydrogen-bond donors (Lipinski definition) is 0. The topological polar surface area (TPSA) is 60.9 Å². The quantitative estimate of drug-likeness (QED) is 0.740. The minimum Gasteiger partial charge on any atom is -0.410 e. The monoisotopic (exact) mass is 368 g/mol. The van der Waals surface area contributed by atoms with Crippen molar-refractivity contribution >= 4 is 11.9 Å². The van der Waals surface area contributed by atoms with Gasteiger partial charge in [0.1, 0.15) is 17.3 Å². The van der Waals surface area contributed by atoms with E-state index < -0.39 is 12.4 Å². The maximum atomic E-state index is 12.8. The molecule has 0 N–H and O–H groups in total. The smallest absolute Gasteiger partial charge is 0.410 e. The van der Waals surface area contributed by atoms with Gasteiger partial charge in [-0.05, 0) is 60.9 Å². The lowest BCUT2D eigenvalue weighted by Gasteiger charge is -2.29.